The fourth-order valence-corrected chi connectivity index (χ4v) is 3.61. The van der Waals surface area contributed by atoms with E-state index in [1.807, 2.05) is 30.3 Å². The molecule has 4 nitrogen and oxygen atoms in total. The van der Waals surface area contributed by atoms with Gasteiger partial charge in [0.1, 0.15) is 0 Å². The van der Waals surface area contributed by atoms with Crippen LogP contribution in [-0.2, 0) is 4.79 Å². The first kappa shape index (κ1) is 16.2. The number of nitrogens with one attached hydrogen (secondary N) is 1. The fraction of sp³-hybridized carbons (Fsp3) is 0.381. The second kappa shape index (κ2) is 6.89. The standard InChI is InChI=1S/C21H25N3O/c1-23-11-13-24(14-12-23)18-9-7-17(8-10-18)22-21(25)20-15-19(20)16-5-3-2-4-6-16/h2-10,19-20H,11-15H2,1H3,(H,22,25). The van der Waals surface area contributed by atoms with E-state index in [2.05, 4.69) is 46.4 Å². The first-order valence-corrected chi connectivity index (χ1v) is 9.10. The molecule has 0 bridgehead atoms. The minimum atomic E-state index is 0.111. The van der Waals surface area contributed by atoms with Crippen molar-refractivity contribution in [3.05, 3.63) is 60.2 Å². The van der Waals surface area contributed by atoms with E-state index in [1.165, 1.54) is 11.3 Å². The molecule has 4 heteroatoms. The Bertz CT molecular complexity index is 721. The molecule has 2 aromatic rings. The molecule has 0 aromatic heterocycles. The van der Waals surface area contributed by atoms with Gasteiger partial charge >= 0.3 is 0 Å². The summed E-state index contributed by atoms with van der Waals surface area (Å²) in [6.45, 7) is 4.31. The summed E-state index contributed by atoms with van der Waals surface area (Å²) in [6, 6.07) is 18.6. The lowest BCUT2D eigenvalue weighted by Crippen LogP contribution is -2.44. The molecule has 1 amide bonds. The Morgan fingerprint density at radius 3 is 2.32 bits per heavy atom. The lowest BCUT2D eigenvalue weighted by atomic mass is 10.1. The number of carbonyl (C=O) groups is 1. The lowest BCUT2D eigenvalue weighted by Gasteiger charge is -2.34. The number of rotatable bonds is 4. The number of nitrogens with zero attached hydrogens (tertiary/aromatic N) is 2. The van der Waals surface area contributed by atoms with Crippen molar-refractivity contribution in [2.24, 2.45) is 5.92 Å². The lowest BCUT2D eigenvalue weighted by molar-refractivity contribution is -0.117. The van der Waals surface area contributed by atoms with Gasteiger partial charge in [-0.15, -0.1) is 0 Å². The van der Waals surface area contributed by atoms with E-state index < -0.39 is 0 Å². The molecule has 2 aliphatic rings. The predicted molar refractivity (Wildman–Crippen MR) is 102 cm³/mol. The summed E-state index contributed by atoms with van der Waals surface area (Å²) in [5.41, 5.74) is 3.40. The van der Waals surface area contributed by atoms with Crippen molar-refractivity contribution in [2.45, 2.75) is 12.3 Å². The van der Waals surface area contributed by atoms with Gasteiger partial charge in [0.15, 0.2) is 0 Å². The largest absolute Gasteiger partial charge is 0.369 e. The zero-order valence-electron chi connectivity index (χ0n) is 14.7. The molecule has 25 heavy (non-hydrogen) atoms. The molecule has 0 spiro atoms. The number of hydrogen-bond acceptors (Lipinski definition) is 3. The highest BCUT2D eigenvalue weighted by molar-refractivity contribution is 5.95. The molecule has 2 fully saturated rings. The van der Waals surface area contributed by atoms with Gasteiger partial charge in [-0.05, 0) is 49.2 Å². The monoisotopic (exact) mass is 335 g/mol. The van der Waals surface area contributed by atoms with E-state index in [0.717, 1.165) is 38.3 Å². The van der Waals surface area contributed by atoms with Crippen molar-refractivity contribution in [3.8, 4) is 0 Å². The van der Waals surface area contributed by atoms with Gasteiger partial charge in [-0.1, -0.05) is 30.3 Å². The molecule has 2 unspecified atom stereocenters. The zero-order valence-corrected chi connectivity index (χ0v) is 14.7. The molecule has 2 atom stereocenters. The summed E-state index contributed by atoms with van der Waals surface area (Å²) >= 11 is 0. The third-order valence-electron chi connectivity index (χ3n) is 5.36. The third-order valence-corrected chi connectivity index (χ3v) is 5.36. The smallest absolute Gasteiger partial charge is 0.228 e. The van der Waals surface area contributed by atoms with Crippen molar-refractivity contribution in [1.82, 2.24) is 4.90 Å². The molecule has 4 rings (SSSR count). The van der Waals surface area contributed by atoms with Gasteiger partial charge in [0.05, 0.1) is 0 Å². The second-order valence-electron chi connectivity index (χ2n) is 7.19. The predicted octanol–water partition coefficient (Wildman–Crippen LogP) is 3.18. The molecule has 130 valence electrons. The van der Waals surface area contributed by atoms with Crippen molar-refractivity contribution >= 4 is 17.3 Å². The number of benzene rings is 2. The minimum Gasteiger partial charge on any atom is -0.369 e. The van der Waals surface area contributed by atoms with Crippen molar-refractivity contribution in [1.29, 1.82) is 0 Å². The number of likely N-dealkylation sites (N-methyl/N-ethyl adjacent to an activating group) is 1. The summed E-state index contributed by atoms with van der Waals surface area (Å²) in [7, 11) is 2.16. The van der Waals surface area contributed by atoms with Crippen LogP contribution < -0.4 is 10.2 Å². The molecule has 1 aliphatic carbocycles. The van der Waals surface area contributed by atoms with Crippen LogP contribution >= 0.6 is 0 Å². The van der Waals surface area contributed by atoms with E-state index >= 15 is 0 Å². The summed E-state index contributed by atoms with van der Waals surface area (Å²) < 4.78 is 0. The molecular weight excluding hydrogens is 310 g/mol. The Morgan fingerprint density at radius 2 is 1.64 bits per heavy atom. The van der Waals surface area contributed by atoms with Crippen LogP contribution in [0.1, 0.15) is 17.9 Å². The summed E-state index contributed by atoms with van der Waals surface area (Å²) in [5.74, 6) is 0.631. The maximum atomic E-state index is 12.5. The number of anilines is 2. The Labute approximate surface area is 149 Å². The highest BCUT2D eigenvalue weighted by atomic mass is 16.2. The van der Waals surface area contributed by atoms with E-state index in [0.29, 0.717) is 5.92 Å². The third kappa shape index (κ3) is 3.69. The first-order valence-electron chi connectivity index (χ1n) is 9.10. The minimum absolute atomic E-state index is 0.111. The molecule has 0 radical (unpaired) electrons. The van der Waals surface area contributed by atoms with Gasteiger partial charge < -0.3 is 15.1 Å². The molecule has 1 aliphatic heterocycles. The van der Waals surface area contributed by atoms with Crippen LogP contribution in [0.3, 0.4) is 0 Å². The van der Waals surface area contributed by atoms with Crippen molar-refractivity contribution in [2.75, 3.05) is 43.4 Å². The molecular formula is C21H25N3O. The Kier molecular flexibility index (Phi) is 4.45. The SMILES string of the molecule is CN1CCN(c2ccc(NC(=O)C3CC3c3ccccc3)cc2)CC1. The quantitative estimate of drug-likeness (QED) is 0.932. The number of hydrogen-bond donors (Lipinski definition) is 1. The zero-order chi connectivity index (χ0) is 17.2. The van der Waals surface area contributed by atoms with Gasteiger partial charge in [0.25, 0.3) is 0 Å². The van der Waals surface area contributed by atoms with Crippen molar-refractivity contribution in [3.63, 3.8) is 0 Å². The average molecular weight is 335 g/mol. The molecule has 2 aromatic carbocycles. The molecule has 1 saturated carbocycles. The molecule has 1 saturated heterocycles. The van der Waals surface area contributed by atoms with Gasteiger partial charge in [-0.25, -0.2) is 0 Å². The van der Waals surface area contributed by atoms with E-state index in [4.69, 9.17) is 0 Å². The van der Waals surface area contributed by atoms with Gasteiger partial charge in [0.2, 0.25) is 5.91 Å². The highest BCUT2D eigenvalue weighted by Gasteiger charge is 2.43. The highest BCUT2D eigenvalue weighted by Crippen LogP contribution is 2.47. The Morgan fingerprint density at radius 1 is 0.960 bits per heavy atom. The Hall–Kier alpha value is -2.33. The molecule has 1 heterocycles. The molecule has 1 N–H and O–H groups in total. The second-order valence-corrected chi connectivity index (χ2v) is 7.19. The van der Waals surface area contributed by atoms with Crippen LogP contribution in [0.5, 0.6) is 0 Å². The van der Waals surface area contributed by atoms with Crippen LogP contribution in [0.15, 0.2) is 54.6 Å². The number of carbonyl (C=O) groups excluding carboxylic acids is 1. The maximum absolute atomic E-state index is 12.5. The maximum Gasteiger partial charge on any atom is 0.228 e. The van der Waals surface area contributed by atoms with E-state index in [-0.39, 0.29) is 11.8 Å². The van der Waals surface area contributed by atoms with Gasteiger partial charge in [0, 0.05) is 43.5 Å². The summed E-state index contributed by atoms with van der Waals surface area (Å²) in [4.78, 5) is 17.2. The summed E-state index contributed by atoms with van der Waals surface area (Å²) in [6.07, 6.45) is 0.954. The van der Waals surface area contributed by atoms with Crippen LogP contribution in [0.4, 0.5) is 11.4 Å². The summed E-state index contributed by atoms with van der Waals surface area (Å²) in [5, 5.41) is 3.08. The van der Waals surface area contributed by atoms with E-state index in [1.54, 1.807) is 0 Å². The normalized spacial score (nSPS) is 23.3. The van der Waals surface area contributed by atoms with Crippen molar-refractivity contribution < 1.29 is 4.79 Å². The van der Waals surface area contributed by atoms with Gasteiger partial charge in [-0.2, -0.15) is 0 Å². The first-order chi connectivity index (χ1) is 12.2. The van der Waals surface area contributed by atoms with Crippen LogP contribution in [0.25, 0.3) is 0 Å². The number of amides is 1. The van der Waals surface area contributed by atoms with Gasteiger partial charge in [-0.3, -0.25) is 4.79 Å². The topological polar surface area (TPSA) is 35.6 Å². The Balaban J connectivity index is 1.33. The van der Waals surface area contributed by atoms with Crippen LogP contribution in [-0.4, -0.2) is 44.0 Å². The number of piperazine rings is 1. The average Bonchev–Trinajstić information content (AvgIpc) is 3.45. The van der Waals surface area contributed by atoms with Crippen LogP contribution in [0.2, 0.25) is 0 Å². The van der Waals surface area contributed by atoms with Crippen LogP contribution in [0, 0.1) is 5.92 Å². The fourth-order valence-electron chi connectivity index (χ4n) is 3.61. The van der Waals surface area contributed by atoms with E-state index in [9.17, 15) is 4.79 Å².